The lowest BCUT2D eigenvalue weighted by Gasteiger charge is -2.21. The highest BCUT2D eigenvalue weighted by Crippen LogP contribution is 2.22. The summed E-state index contributed by atoms with van der Waals surface area (Å²) in [7, 11) is 1.51. The molecule has 0 unspecified atom stereocenters. The predicted octanol–water partition coefficient (Wildman–Crippen LogP) is 1.86. The quantitative estimate of drug-likeness (QED) is 0.838. The minimum Gasteiger partial charge on any atom is -0.467 e. The van der Waals surface area contributed by atoms with Crippen molar-refractivity contribution < 1.29 is 23.2 Å². The van der Waals surface area contributed by atoms with E-state index >= 15 is 0 Å². The molecule has 3 rings (SSSR count). The van der Waals surface area contributed by atoms with Crippen molar-refractivity contribution in [2.45, 2.75) is 13.0 Å². The second-order valence-electron chi connectivity index (χ2n) is 6.51. The number of halogens is 1. The van der Waals surface area contributed by atoms with E-state index in [0.717, 1.165) is 0 Å². The number of carbonyl (C=O) groups excluding carboxylic acids is 3. The van der Waals surface area contributed by atoms with Gasteiger partial charge in [0, 0.05) is 25.7 Å². The monoisotopic (exact) mass is 373 g/mol. The van der Waals surface area contributed by atoms with E-state index in [4.69, 9.17) is 4.42 Å². The van der Waals surface area contributed by atoms with Crippen molar-refractivity contribution in [3.8, 4) is 0 Å². The van der Waals surface area contributed by atoms with Gasteiger partial charge in [-0.1, -0.05) is 6.07 Å². The number of anilines is 1. The SMILES string of the molecule is CN(CC(=O)Nc1cccc(F)c1)C(=O)[C@@H]1CC(=O)N(Cc2ccco2)C1. The van der Waals surface area contributed by atoms with Crippen LogP contribution in [0.3, 0.4) is 0 Å². The third-order valence-corrected chi connectivity index (χ3v) is 4.36. The molecular formula is C19H20FN3O4. The molecule has 1 N–H and O–H groups in total. The maximum Gasteiger partial charge on any atom is 0.243 e. The Balaban J connectivity index is 1.52. The second-order valence-corrected chi connectivity index (χ2v) is 6.51. The first-order chi connectivity index (χ1) is 12.9. The number of furan rings is 1. The molecule has 1 fully saturated rings. The van der Waals surface area contributed by atoms with Crippen molar-refractivity contribution in [2.75, 3.05) is 25.5 Å². The molecule has 1 saturated heterocycles. The average Bonchev–Trinajstić information content (AvgIpc) is 3.24. The smallest absolute Gasteiger partial charge is 0.243 e. The van der Waals surface area contributed by atoms with E-state index in [9.17, 15) is 18.8 Å². The zero-order valence-electron chi connectivity index (χ0n) is 14.9. The zero-order valence-corrected chi connectivity index (χ0v) is 14.9. The van der Waals surface area contributed by atoms with E-state index in [1.807, 2.05) is 0 Å². The van der Waals surface area contributed by atoms with Crippen LogP contribution in [0.25, 0.3) is 0 Å². The first-order valence-electron chi connectivity index (χ1n) is 8.53. The number of likely N-dealkylation sites (tertiary alicyclic amines) is 1. The summed E-state index contributed by atoms with van der Waals surface area (Å²) in [5, 5.41) is 2.54. The molecule has 1 aromatic carbocycles. The fraction of sp³-hybridized carbons (Fsp3) is 0.316. The van der Waals surface area contributed by atoms with Gasteiger partial charge in [0.05, 0.1) is 25.3 Å². The van der Waals surface area contributed by atoms with Crippen LogP contribution in [0.4, 0.5) is 10.1 Å². The summed E-state index contributed by atoms with van der Waals surface area (Å²) in [4.78, 5) is 39.6. The Bertz CT molecular complexity index is 837. The van der Waals surface area contributed by atoms with Crippen LogP contribution < -0.4 is 5.32 Å². The van der Waals surface area contributed by atoms with Crippen LogP contribution in [0.15, 0.2) is 47.1 Å². The number of hydrogen-bond donors (Lipinski definition) is 1. The number of carbonyl (C=O) groups is 3. The van der Waals surface area contributed by atoms with Gasteiger partial charge in [-0.3, -0.25) is 14.4 Å². The minimum atomic E-state index is -0.501. The number of likely N-dealkylation sites (N-methyl/N-ethyl adjacent to an activating group) is 1. The molecule has 0 radical (unpaired) electrons. The van der Waals surface area contributed by atoms with Crippen molar-refractivity contribution in [3.05, 3.63) is 54.2 Å². The predicted molar refractivity (Wildman–Crippen MR) is 94.9 cm³/mol. The number of hydrogen-bond acceptors (Lipinski definition) is 4. The maximum absolute atomic E-state index is 13.2. The van der Waals surface area contributed by atoms with Gasteiger partial charge in [-0.15, -0.1) is 0 Å². The Morgan fingerprint density at radius 1 is 1.33 bits per heavy atom. The maximum atomic E-state index is 13.2. The lowest BCUT2D eigenvalue weighted by atomic mass is 10.1. The van der Waals surface area contributed by atoms with Crippen molar-refractivity contribution in [2.24, 2.45) is 5.92 Å². The Labute approximate surface area is 155 Å². The average molecular weight is 373 g/mol. The zero-order chi connectivity index (χ0) is 19.4. The fourth-order valence-electron chi connectivity index (χ4n) is 3.05. The highest BCUT2D eigenvalue weighted by molar-refractivity contribution is 5.96. The molecule has 1 aliphatic heterocycles. The molecule has 142 valence electrons. The van der Waals surface area contributed by atoms with Crippen molar-refractivity contribution in [3.63, 3.8) is 0 Å². The number of amides is 3. The van der Waals surface area contributed by atoms with Crippen LogP contribution in [0, 0.1) is 11.7 Å². The largest absolute Gasteiger partial charge is 0.467 e. The van der Waals surface area contributed by atoms with Gasteiger partial charge in [-0.05, 0) is 30.3 Å². The van der Waals surface area contributed by atoms with Gasteiger partial charge in [0.25, 0.3) is 0 Å². The van der Waals surface area contributed by atoms with Crippen LogP contribution in [0.1, 0.15) is 12.2 Å². The molecule has 2 heterocycles. The second kappa shape index (κ2) is 8.03. The normalized spacial score (nSPS) is 16.4. The van der Waals surface area contributed by atoms with Gasteiger partial charge in [0.15, 0.2) is 0 Å². The number of benzene rings is 1. The third kappa shape index (κ3) is 4.72. The van der Waals surface area contributed by atoms with Gasteiger partial charge in [0.1, 0.15) is 11.6 Å². The highest BCUT2D eigenvalue weighted by Gasteiger charge is 2.36. The van der Waals surface area contributed by atoms with Gasteiger partial charge >= 0.3 is 0 Å². The molecule has 0 saturated carbocycles. The van der Waals surface area contributed by atoms with E-state index in [1.54, 1.807) is 23.1 Å². The molecular weight excluding hydrogens is 353 g/mol. The van der Waals surface area contributed by atoms with Crippen LogP contribution in [-0.4, -0.2) is 47.7 Å². The molecule has 0 aliphatic carbocycles. The van der Waals surface area contributed by atoms with E-state index in [2.05, 4.69) is 5.32 Å². The lowest BCUT2D eigenvalue weighted by Crippen LogP contribution is -2.39. The summed E-state index contributed by atoms with van der Waals surface area (Å²) in [5.74, 6) is -1.15. The Morgan fingerprint density at radius 2 is 2.15 bits per heavy atom. The van der Waals surface area contributed by atoms with Crippen LogP contribution in [-0.2, 0) is 20.9 Å². The van der Waals surface area contributed by atoms with Gasteiger partial charge < -0.3 is 19.5 Å². The van der Waals surface area contributed by atoms with Crippen molar-refractivity contribution in [1.82, 2.24) is 9.80 Å². The van der Waals surface area contributed by atoms with Crippen LogP contribution in [0.2, 0.25) is 0 Å². The Kier molecular flexibility index (Phi) is 5.54. The third-order valence-electron chi connectivity index (χ3n) is 4.36. The lowest BCUT2D eigenvalue weighted by molar-refractivity contribution is -0.137. The number of rotatable bonds is 6. The molecule has 0 spiro atoms. The summed E-state index contributed by atoms with van der Waals surface area (Å²) in [6.07, 6.45) is 1.64. The summed E-state index contributed by atoms with van der Waals surface area (Å²) < 4.78 is 18.4. The Hall–Kier alpha value is -3.16. The standard InChI is InChI=1S/C19H20FN3O4/c1-22(12-17(24)21-15-5-2-4-14(20)9-15)19(26)13-8-18(25)23(10-13)11-16-6-3-7-27-16/h2-7,9,13H,8,10-12H2,1H3,(H,21,24)/t13-/m1/s1. The molecule has 27 heavy (non-hydrogen) atoms. The van der Waals surface area contributed by atoms with Crippen LogP contribution in [0.5, 0.6) is 0 Å². The van der Waals surface area contributed by atoms with Crippen molar-refractivity contribution in [1.29, 1.82) is 0 Å². The summed E-state index contributed by atoms with van der Waals surface area (Å²) in [5.41, 5.74) is 0.321. The fourth-order valence-corrected chi connectivity index (χ4v) is 3.05. The van der Waals surface area contributed by atoms with Gasteiger partial charge in [0.2, 0.25) is 17.7 Å². The summed E-state index contributed by atoms with van der Waals surface area (Å²) in [6.45, 7) is 0.422. The first-order valence-corrected chi connectivity index (χ1v) is 8.53. The first kappa shape index (κ1) is 18.6. The molecule has 2 aromatic rings. The van der Waals surface area contributed by atoms with Gasteiger partial charge in [-0.2, -0.15) is 0 Å². The number of nitrogens with one attached hydrogen (secondary N) is 1. The molecule has 3 amide bonds. The summed E-state index contributed by atoms with van der Waals surface area (Å²) >= 11 is 0. The van der Waals surface area contributed by atoms with E-state index in [-0.39, 0.29) is 31.3 Å². The molecule has 1 atom stereocenters. The molecule has 0 bridgehead atoms. The van der Waals surface area contributed by atoms with Crippen molar-refractivity contribution >= 4 is 23.4 Å². The molecule has 7 nitrogen and oxygen atoms in total. The molecule has 8 heteroatoms. The number of nitrogens with zero attached hydrogens (tertiary/aromatic N) is 2. The minimum absolute atomic E-state index is 0.107. The summed E-state index contributed by atoms with van der Waals surface area (Å²) in [6, 6.07) is 9.02. The van der Waals surface area contributed by atoms with E-state index in [0.29, 0.717) is 18.0 Å². The molecule has 1 aromatic heterocycles. The van der Waals surface area contributed by atoms with Gasteiger partial charge in [-0.25, -0.2) is 4.39 Å². The Morgan fingerprint density at radius 3 is 2.85 bits per heavy atom. The van der Waals surface area contributed by atoms with E-state index < -0.39 is 17.6 Å². The van der Waals surface area contributed by atoms with E-state index in [1.165, 1.54) is 36.4 Å². The topological polar surface area (TPSA) is 82.9 Å². The highest BCUT2D eigenvalue weighted by atomic mass is 19.1. The molecule has 1 aliphatic rings. The van der Waals surface area contributed by atoms with Crippen LogP contribution >= 0.6 is 0 Å².